The fourth-order valence-electron chi connectivity index (χ4n) is 7.50. The molecule has 1 spiro atoms. The fourth-order valence-corrected chi connectivity index (χ4v) is 7.50. The molecule has 2 N–H and O–H groups in total. The van der Waals surface area contributed by atoms with Gasteiger partial charge in [-0.15, -0.1) is 0 Å². The van der Waals surface area contributed by atoms with Crippen LogP contribution in [0.4, 0.5) is 0 Å². The van der Waals surface area contributed by atoms with Gasteiger partial charge in [0.2, 0.25) is 5.72 Å². The van der Waals surface area contributed by atoms with Crippen molar-refractivity contribution in [3.05, 3.63) is 119 Å². The SMILES string of the molecule is COC(=O)[C@@H]1[C@@H](c2ccccc2)[C@]2(c3ccc(OC)cc3)Oc3cc(OC)cc(OC)c3[C@@]23NC(c2ccccc2)=N[C@@]13O. The molecular weight excluding hydrogens is 560 g/mol. The largest absolute Gasteiger partial charge is 0.497 e. The van der Waals surface area contributed by atoms with Gasteiger partial charge in [0.1, 0.15) is 34.8 Å². The van der Waals surface area contributed by atoms with Crippen LogP contribution in [0.1, 0.15) is 28.2 Å². The molecule has 1 aliphatic carbocycles. The lowest BCUT2D eigenvalue weighted by Gasteiger charge is -2.44. The van der Waals surface area contributed by atoms with E-state index in [4.69, 9.17) is 28.7 Å². The average molecular weight is 593 g/mol. The number of benzene rings is 4. The molecule has 1 fully saturated rings. The Hall–Kier alpha value is -5.02. The Kier molecular flexibility index (Phi) is 6.33. The molecular formula is C35H32N2O7. The number of aliphatic imine (C=N–C) groups is 1. The zero-order valence-electron chi connectivity index (χ0n) is 24.7. The first-order chi connectivity index (χ1) is 21.4. The molecule has 0 radical (unpaired) electrons. The molecule has 2 heterocycles. The number of amidine groups is 1. The molecule has 224 valence electrons. The van der Waals surface area contributed by atoms with Crippen molar-refractivity contribution < 1.29 is 33.6 Å². The van der Waals surface area contributed by atoms with Crippen LogP contribution in [0.2, 0.25) is 0 Å². The van der Waals surface area contributed by atoms with Crippen molar-refractivity contribution in [3.63, 3.8) is 0 Å². The zero-order chi connectivity index (χ0) is 30.7. The third kappa shape index (κ3) is 3.44. The summed E-state index contributed by atoms with van der Waals surface area (Å²) in [6, 6.07) is 30.0. The lowest BCUT2D eigenvalue weighted by molar-refractivity contribution is -0.156. The lowest BCUT2D eigenvalue weighted by Crippen LogP contribution is -2.63. The molecule has 0 unspecified atom stereocenters. The number of carbonyl (C=O) groups is 1. The number of esters is 1. The van der Waals surface area contributed by atoms with Crippen molar-refractivity contribution in [1.29, 1.82) is 0 Å². The highest BCUT2D eigenvalue weighted by molar-refractivity contribution is 6.03. The molecule has 9 nitrogen and oxygen atoms in total. The van der Waals surface area contributed by atoms with Crippen molar-refractivity contribution in [3.8, 4) is 23.0 Å². The van der Waals surface area contributed by atoms with Crippen LogP contribution in [0.15, 0.2) is 102 Å². The minimum Gasteiger partial charge on any atom is -0.497 e. The Morgan fingerprint density at radius 1 is 0.841 bits per heavy atom. The molecule has 0 aromatic heterocycles. The van der Waals surface area contributed by atoms with E-state index in [1.165, 1.54) is 7.11 Å². The predicted molar refractivity (Wildman–Crippen MR) is 162 cm³/mol. The number of methoxy groups -OCH3 is 4. The minimum absolute atomic E-state index is 0.403. The van der Waals surface area contributed by atoms with Gasteiger partial charge in [-0.25, -0.2) is 4.99 Å². The topological polar surface area (TPSA) is 108 Å². The minimum atomic E-state index is -2.11. The summed E-state index contributed by atoms with van der Waals surface area (Å²) in [6.45, 7) is 0. The molecule has 3 aliphatic rings. The first-order valence-corrected chi connectivity index (χ1v) is 14.3. The maximum atomic E-state index is 14.1. The van der Waals surface area contributed by atoms with E-state index in [0.29, 0.717) is 40.0 Å². The average Bonchev–Trinajstić information content (AvgIpc) is 3.61. The van der Waals surface area contributed by atoms with Crippen molar-refractivity contribution in [1.82, 2.24) is 5.32 Å². The Bertz CT molecular complexity index is 1760. The molecule has 0 bridgehead atoms. The van der Waals surface area contributed by atoms with Crippen LogP contribution in [0.3, 0.4) is 0 Å². The van der Waals surface area contributed by atoms with E-state index in [2.05, 4.69) is 5.32 Å². The molecule has 7 rings (SSSR count). The third-order valence-electron chi connectivity index (χ3n) is 9.22. The fraction of sp³-hybridized carbons (Fsp3) is 0.257. The number of hydrogen-bond acceptors (Lipinski definition) is 9. The standard InChI is InChI=1S/C35H32N2O7/c1-40-24-17-15-23(16-18-24)33-28(21-11-7-5-8-12-21)30(32(38)43-4)35(39)34(33,36-31(37-35)22-13-9-6-10-14-22)29-26(42-3)19-25(41-2)20-27(29)44-33/h5-20,28,30,39H,1-4H3,(H,36,37)/t28-,30+,33+,34-,35-/m1/s1. The van der Waals surface area contributed by atoms with E-state index in [-0.39, 0.29) is 0 Å². The number of nitrogens with one attached hydrogen (secondary N) is 1. The Morgan fingerprint density at radius 3 is 2.11 bits per heavy atom. The lowest BCUT2D eigenvalue weighted by atomic mass is 9.68. The Balaban J connectivity index is 1.64. The van der Waals surface area contributed by atoms with Gasteiger partial charge < -0.3 is 34.1 Å². The zero-order valence-corrected chi connectivity index (χ0v) is 24.7. The summed E-state index contributed by atoms with van der Waals surface area (Å²) in [4.78, 5) is 19.1. The highest BCUT2D eigenvalue weighted by atomic mass is 16.5. The van der Waals surface area contributed by atoms with E-state index >= 15 is 0 Å². The smallest absolute Gasteiger partial charge is 0.314 e. The van der Waals surface area contributed by atoms with Crippen molar-refractivity contribution in [2.75, 3.05) is 28.4 Å². The van der Waals surface area contributed by atoms with Crippen LogP contribution in [0.5, 0.6) is 23.0 Å². The van der Waals surface area contributed by atoms with Crippen molar-refractivity contribution >= 4 is 11.8 Å². The van der Waals surface area contributed by atoms with Crippen LogP contribution >= 0.6 is 0 Å². The molecule has 0 amide bonds. The number of hydrogen-bond donors (Lipinski definition) is 2. The Labute approximate surface area is 255 Å². The number of rotatable bonds is 7. The number of carbonyl (C=O) groups excluding carboxylic acids is 1. The molecule has 0 saturated heterocycles. The molecule has 44 heavy (non-hydrogen) atoms. The van der Waals surface area contributed by atoms with E-state index < -0.39 is 34.7 Å². The molecule has 4 aromatic rings. The van der Waals surface area contributed by atoms with Gasteiger partial charge in [0.05, 0.1) is 34.0 Å². The van der Waals surface area contributed by atoms with Crippen LogP contribution in [-0.4, -0.2) is 51.1 Å². The van der Waals surface area contributed by atoms with Gasteiger partial charge in [-0.3, -0.25) is 4.79 Å². The normalized spacial score (nSPS) is 27.6. The number of nitrogens with zero attached hydrogens (tertiary/aromatic N) is 1. The Morgan fingerprint density at radius 2 is 1.50 bits per heavy atom. The molecule has 9 heteroatoms. The highest BCUT2D eigenvalue weighted by Gasteiger charge is 2.87. The second-order valence-electron chi connectivity index (χ2n) is 11.1. The van der Waals surface area contributed by atoms with Gasteiger partial charge in [0, 0.05) is 23.6 Å². The van der Waals surface area contributed by atoms with Crippen LogP contribution < -0.4 is 24.3 Å². The van der Waals surface area contributed by atoms with Gasteiger partial charge in [-0.2, -0.15) is 0 Å². The summed E-state index contributed by atoms with van der Waals surface area (Å²) < 4.78 is 29.7. The molecule has 2 aliphatic heterocycles. The summed E-state index contributed by atoms with van der Waals surface area (Å²) >= 11 is 0. The van der Waals surface area contributed by atoms with Gasteiger partial charge in [-0.05, 0) is 23.3 Å². The van der Waals surface area contributed by atoms with Gasteiger partial charge in [0.25, 0.3) is 0 Å². The summed E-state index contributed by atoms with van der Waals surface area (Å²) in [5.41, 5.74) is -2.46. The van der Waals surface area contributed by atoms with Crippen molar-refractivity contribution in [2.45, 2.75) is 22.8 Å². The highest BCUT2D eigenvalue weighted by Crippen LogP contribution is 2.75. The predicted octanol–water partition coefficient (Wildman–Crippen LogP) is 4.52. The van der Waals surface area contributed by atoms with E-state index in [0.717, 1.165) is 11.1 Å². The summed E-state index contributed by atoms with van der Waals surface area (Å²) in [6.07, 6.45) is 0. The van der Waals surface area contributed by atoms with Gasteiger partial charge in [0.15, 0.2) is 11.1 Å². The monoisotopic (exact) mass is 592 g/mol. The van der Waals surface area contributed by atoms with E-state index in [1.54, 1.807) is 33.5 Å². The third-order valence-corrected chi connectivity index (χ3v) is 9.22. The van der Waals surface area contributed by atoms with Gasteiger partial charge >= 0.3 is 5.97 Å². The maximum Gasteiger partial charge on any atom is 0.314 e. The van der Waals surface area contributed by atoms with Crippen molar-refractivity contribution in [2.24, 2.45) is 10.9 Å². The molecule has 4 aromatic carbocycles. The number of ether oxygens (including phenoxy) is 5. The maximum absolute atomic E-state index is 14.1. The first-order valence-electron chi connectivity index (χ1n) is 14.3. The molecule has 5 atom stereocenters. The van der Waals surface area contributed by atoms with E-state index in [9.17, 15) is 9.90 Å². The first kappa shape index (κ1) is 27.8. The number of aliphatic hydroxyl groups is 1. The molecule has 1 saturated carbocycles. The summed E-state index contributed by atoms with van der Waals surface area (Å²) in [7, 11) is 6.03. The van der Waals surface area contributed by atoms with Crippen LogP contribution in [0, 0.1) is 5.92 Å². The summed E-state index contributed by atoms with van der Waals surface area (Å²) in [5, 5.41) is 16.9. The van der Waals surface area contributed by atoms with E-state index in [1.807, 2.05) is 84.9 Å². The quantitative estimate of drug-likeness (QED) is 0.302. The second kappa shape index (κ2) is 10.0. The summed E-state index contributed by atoms with van der Waals surface area (Å²) in [5.74, 6) is -0.228. The second-order valence-corrected chi connectivity index (χ2v) is 11.1. The van der Waals surface area contributed by atoms with Crippen LogP contribution in [0.25, 0.3) is 0 Å². The van der Waals surface area contributed by atoms with Gasteiger partial charge in [-0.1, -0.05) is 72.8 Å². The van der Waals surface area contributed by atoms with Crippen LogP contribution in [-0.2, 0) is 20.7 Å². The number of fused-ring (bicyclic) bond motifs is 1.